The van der Waals surface area contributed by atoms with Crippen molar-refractivity contribution in [2.75, 3.05) is 13.2 Å². The van der Waals surface area contributed by atoms with E-state index < -0.39 is 5.97 Å². The van der Waals surface area contributed by atoms with Crippen LogP contribution in [-0.4, -0.2) is 49.6 Å². The lowest BCUT2D eigenvalue weighted by molar-refractivity contribution is 0.0496. The third-order valence-corrected chi connectivity index (χ3v) is 7.44. The summed E-state index contributed by atoms with van der Waals surface area (Å²) in [6, 6.07) is 24.9. The van der Waals surface area contributed by atoms with Crippen LogP contribution in [0.25, 0.3) is 49.7 Å². The average Bonchev–Trinajstić information content (AvgIpc) is 3.64. The standard InChI is InChI=1S/C34H25FN6O3/c35-23-11-9-22(10-12-23)30-29(21-13-17-36-18-14-21)27-7-3-8-28(41(27)40-30)33(42)38-16-4-20-44-34(43)32-31-25(15-19-37-32)24-5-1-2-6-26(24)39-31/h1-3,5-15,17-19,39H,4,16,20H2,(H,38,42). The van der Waals surface area contributed by atoms with Gasteiger partial charge in [0.1, 0.15) is 17.2 Å². The number of hydrogen-bond acceptors (Lipinski definition) is 6. The lowest BCUT2D eigenvalue weighted by Crippen LogP contribution is -2.27. The number of amides is 1. The molecule has 44 heavy (non-hydrogen) atoms. The Labute approximate surface area is 250 Å². The van der Waals surface area contributed by atoms with Crippen LogP contribution in [-0.2, 0) is 4.74 Å². The van der Waals surface area contributed by atoms with E-state index in [-0.39, 0.29) is 30.6 Å². The Morgan fingerprint density at radius 3 is 2.52 bits per heavy atom. The Morgan fingerprint density at radius 2 is 1.68 bits per heavy atom. The summed E-state index contributed by atoms with van der Waals surface area (Å²) in [7, 11) is 0. The van der Waals surface area contributed by atoms with Gasteiger partial charge in [-0.3, -0.25) is 9.78 Å². The number of aromatic nitrogens is 5. The number of esters is 1. The van der Waals surface area contributed by atoms with Crippen molar-refractivity contribution in [2.45, 2.75) is 6.42 Å². The molecule has 0 radical (unpaired) electrons. The molecule has 0 aliphatic carbocycles. The number of halogens is 1. The van der Waals surface area contributed by atoms with Gasteiger partial charge >= 0.3 is 5.97 Å². The van der Waals surface area contributed by atoms with Gasteiger partial charge in [0.15, 0.2) is 5.69 Å². The van der Waals surface area contributed by atoms with Crippen LogP contribution in [0.2, 0.25) is 0 Å². The van der Waals surface area contributed by atoms with Crippen LogP contribution in [0.5, 0.6) is 0 Å². The molecule has 7 rings (SSSR count). The molecule has 0 atom stereocenters. The zero-order chi connectivity index (χ0) is 30.0. The zero-order valence-corrected chi connectivity index (χ0v) is 23.3. The highest BCUT2D eigenvalue weighted by molar-refractivity contribution is 6.12. The summed E-state index contributed by atoms with van der Waals surface area (Å²) in [5.41, 5.74) is 5.81. The number of H-pyrrole nitrogens is 1. The van der Waals surface area contributed by atoms with Gasteiger partial charge in [0.25, 0.3) is 5.91 Å². The predicted molar refractivity (Wildman–Crippen MR) is 165 cm³/mol. The summed E-state index contributed by atoms with van der Waals surface area (Å²) in [5, 5.41) is 9.59. The number of nitrogens with one attached hydrogen (secondary N) is 2. The highest BCUT2D eigenvalue weighted by Crippen LogP contribution is 2.35. The minimum Gasteiger partial charge on any atom is -0.461 e. The molecule has 0 unspecified atom stereocenters. The highest BCUT2D eigenvalue weighted by Gasteiger charge is 2.21. The normalized spacial score (nSPS) is 11.3. The summed E-state index contributed by atoms with van der Waals surface area (Å²) in [5.74, 6) is -1.22. The van der Waals surface area contributed by atoms with Crippen LogP contribution in [0, 0.1) is 5.82 Å². The molecular formula is C34H25FN6O3. The number of hydrogen-bond donors (Lipinski definition) is 2. The number of pyridine rings is 3. The van der Waals surface area contributed by atoms with Gasteiger partial charge in [0.05, 0.1) is 17.6 Å². The molecule has 0 saturated carbocycles. The molecule has 10 heteroatoms. The number of nitrogens with zero attached hydrogens (tertiary/aromatic N) is 4. The summed E-state index contributed by atoms with van der Waals surface area (Å²) >= 11 is 0. The van der Waals surface area contributed by atoms with Crippen LogP contribution in [0.3, 0.4) is 0 Å². The van der Waals surface area contributed by atoms with Crippen molar-refractivity contribution in [3.63, 3.8) is 0 Å². The van der Waals surface area contributed by atoms with Gasteiger partial charge in [0, 0.05) is 52.6 Å². The SMILES string of the molecule is O=C(OCCCNC(=O)c1cccc2c(-c3ccncc3)c(-c3ccc(F)cc3)nn12)c1nccc2c1[nH]c1ccccc12. The smallest absolute Gasteiger partial charge is 0.359 e. The molecule has 9 nitrogen and oxygen atoms in total. The first-order chi connectivity index (χ1) is 21.6. The second-order valence-corrected chi connectivity index (χ2v) is 10.2. The van der Waals surface area contributed by atoms with Crippen LogP contribution >= 0.6 is 0 Å². The third kappa shape index (κ3) is 4.92. The highest BCUT2D eigenvalue weighted by atomic mass is 19.1. The Bertz CT molecular complexity index is 2160. The van der Waals surface area contributed by atoms with Gasteiger partial charge in [-0.2, -0.15) is 5.10 Å². The van der Waals surface area contributed by atoms with E-state index in [0.29, 0.717) is 28.9 Å². The first kappa shape index (κ1) is 27.0. The molecule has 5 heterocycles. The predicted octanol–water partition coefficient (Wildman–Crippen LogP) is 6.21. The fraction of sp³-hybridized carbons (Fsp3) is 0.0882. The summed E-state index contributed by atoms with van der Waals surface area (Å²) in [4.78, 5) is 37.8. The minimum atomic E-state index is -0.535. The van der Waals surface area contributed by atoms with E-state index in [9.17, 15) is 14.0 Å². The Hall–Kier alpha value is -5.90. The second-order valence-electron chi connectivity index (χ2n) is 10.2. The average molecular weight is 585 g/mol. The molecule has 0 saturated heterocycles. The van der Waals surface area contributed by atoms with Gasteiger partial charge in [-0.1, -0.05) is 24.3 Å². The van der Waals surface area contributed by atoms with Crippen molar-refractivity contribution in [1.82, 2.24) is 29.9 Å². The van der Waals surface area contributed by atoms with Gasteiger partial charge in [-0.05, 0) is 72.6 Å². The van der Waals surface area contributed by atoms with Crippen LogP contribution in [0.4, 0.5) is 4.39 Å². The number of benzene rings is 2. The molecule has 0 bridgehead atoms. The van der Waals surface area contributed by atoms with Crippen molar-refractivity contribution in [3.05, 3.63) is 121 Å². The summed E-state index contributed by atoms with van der Waals surface area (Å²) in [6.45, 7) is 0.375. The van der Waals surface area contributed by atoms with E-state index in [1.807, 2.05) is 48.5 Å². The Balaban J connectivity index is 1.06. The molecule has 2 N–H and O–H groups in total. The molecule has 5 aromatic heterocycles. The van der Waals surface area contributed by atoms with Crippen molar-refractivity contribution >= 4 is 39.2 Å². The molecule has 2 aromatic carbocycles. The number of fused-ring (bicyclic) bond motifs is 4. The Kier molecular flexibility index (Phi) is 6.99. The summed E-state index contributed by atoms with van der Waals surface area (Å²) in [6.07, 6.45) is 5.37. The number of aromatic amines is 1. The van der Waals surface area contributed by atoms with E-state index in [1.165, 1.54) is 12.1 Å². The largest absolute Gasteiger partial charge is 0.461 e. The molecule has 1 amide bonds. The van der Waals surface area contributed by atoms with Gasteiger partial charge < -0.3 is 15.0 Å². The molecule has 0 aliphatic rings. The Morgan fingerprint density at radius 1 is 0.864 bits per heavy atom. The first-order valence-corrected chi connectivity index (χ1v) is 14.1. The quantitative estimate of drug-likeness (QED) is 0.162. The van der Waals surface area contributed by atoms with Crippen LogP contribution in [0.15, 0.2) is 104 Å². The van der Waals surface area contributed by atoms with Crippen molar-refractivity contribution in [2.24, 2.45) is 0 Å². The fourth-order valence-electron chi connectivity index (χ4n) is 5.38. The molecule has 216 valence electrons. The second kappa shape index (κ2) is 11.4. The number of carbonyl (C=O) groups excluding carboxylic acids is 2. The molecule has 0 spiro atoms. The number of rotatable bonds is 8. The van der Waals surface area contributed by atoms with E-state index >= 15 is 0 Å². The first-order valence-electron chi connectivity index (χ1n) is 14.1. The maximum Gasteiger partial charge on any atom is 0.359 e. The third-order valence-electron chi connectivity index (χ3n) is 7.44. The number of carbonyl (C=O) groups is 2. The van der Waals surface area contributed by atoms with E-state index in [2.05, 4.69) is 20.3 Å². The van der Waals surface area contributed by atoms with Gasteiger partial charge in [-0.15, -0.1) is 0 Å². The molecule has 0 aliphatic heterocycles. The van der Waals surface area contributed by atoms with E-state index in [4.69, 9.17) is 9.84 Å². The zero-order valence-electron chi connectivity index (χ0n) is 23.3. The van der Waals surface area contributed by atoms with Crippen LogP contribution in [0.1, 0.15) is 27.4 Å². The number of para-hydroxylation sites is 1. The maximum absolute atomic E-state index is 13.7. The monoisotopic (exact) mass is 584 g/mol. The lowest BCUT2D eigenvalue weighted by atomic mass is 10.0. The van der Waals surface area contributed by atoms with Crippen molar-refractivity contribution < 1.29 is 18.7 Å². The molecule has 7 aromatic rings. The topological polar surface area (TPSA) is 114 Å². The van der Waals surface area contributed by atoms with Crippen molar-refractivity contribution in [1.29, 1.82) is 0 Å². The lowest BCUT2D eigenvalue weighted by Gasteiger charge is -2.08. The minimum absolute atomic E-state index is 0.101. The van der Waals surface area contributed by atoms with E-state index in [0.717, 1.165) is 32.9 Å². The van der Waals surface area contributed by atoms with E-state index in [1.54, 1.807) is 47.4 Å². The molecular weight excluding hydrogens is 559 g/mol. The van der Waals surface area contributed by atoms with Gasteiger partial charge in [-0.25, -0.2) is 18.7 Å². The fourth-order valence-corrected chi connectivity index (χ4v) is 5.38. The summed E-state index contributed by atoms with van der Waals surface area (Å²) < 4.78 is 20.8. The van der Waals surface area contributed by atoms with Crippen molar-refractivity contribution in [3.8, 4) is 22.4 Å². The maximum atomic E-state index is 13.7. The van der Waals surface area contributed by atoms with Crippen LogP contribution < -0.4 is 5.32 Å². The number of ether oxygens (including phenoxy) is 1. The molecule has 0 fully saturated rings. The van der Waals surface area contributed by atoms with Gasteiger partial charge in [0.2, 0.25) is 0 Å².